The number of ether oxygens (including phenoxy) is 1. The van der Waals surface area contributed by atoms with E-state index < -0.39 is 9.84 Å². The van der Waals surface area contributed by atoms with Crippen molar-refractivity contribution in [3.63, 3.8) is 0 Å². The molecule has 1 aliphatic rings. The van der Waals surface area contributed by atoms with Crippen molar-refractivity contribution in [3.05, 3.63) is 0 Å². The van der Waals surface area contributed by atoms with Crippen LogP contribution in [0, 0.1) is 0 Å². The Balaban J connectivity index is 2.64. The molecule has 1 aliphatic carbocycles. The molecule has 0 bridgehead atoms. The molecule has 4 nitrogen and oxygen atoms in total. The third-order valence-corrected chi connectivity index (χ3v) is 5.91. The van der Waals surface area contributed by atoms with E-state index >= 15 is 0 Å². The Morgan fingerprint density at radius 3 is 2.59 bits per heavy atom. The number of sulfone groups is 1. The minimum atomic E-state index is -2.98. The van der Waals surface area contributed by atoms with Crippen molar-refractivity contribution >= 4 is 9.84 Å². The first-order valence-electron chi connectivity index (χ1n) is 6.49. The molecule has 2 atom stereocenters. The van der Waals surface area contributed by atoms with E-state index in [0.29, 0.717) is 13.0 Å². The highest BCUT2D eigenvalue weighted by molar-refractivity contribution is 7.92. The maximum absolute atomic E-state index is 12.3. The van der Waals surface area contributed by atoms with Gasteiger partial charge in [0, 0.05) is 19.8 Å². The van der Waals surface area contributed by atoms with E-state index in [9.17, 15) is 8.42 Å². The molecule has 17 heavy (non-hydrogen) atoms. The van der Waals surface area contributed by atoms with Crippen LogP contribution in [0.3, 0.4) is 0 Å². The number of hydrogen-bond donors (Lipinski definition) is 1. The largest absolute Gasteiger partial charge is 0.385 e. The summed E-state index contributed by atoms with van der Waals surface area (Å²) in [6.45, 7) is 0.524. The Morgan fingerprint density at radius 2 is 1.94 bits per heavy atom. The molecule has 0 radical (unpaired) electrons. The highest BCUT2D eigenvalue weighted by atomic mass is 32.2. The molecular weight excluding hydrogens is 238 g/mol. The van der Waals surface area contributed by atoms with Crippen LogP contribution in [0.5, 0.6) is 0 Å². The van der Waals surface area contributed by atoms with E-state index in [1.807, 2.05) is 7.05 Å². The normalized spacial score (nSPS) is 26.7. The molecule has 0 saturated heterocycles. The van der Waals surface area contributed by atoms with Gasteiger partial charge in [0.05, 0.1) is 11.0 Å². The second-order valence-electron chi connectivity index (χ2n) is 4.78. The van der Waals surface area contributed by atoms with Crippen LogP contribution in [-0.2, 0) is 14.6 Å². The Hall–Kier alpha value is -0.130. The van der Waals surface area contributed by atoms with E-state index in [1.165, 1.54) is 0 Å². The lowest BCUT2D eigenvalue weighted by atomic mass is 10.1. The average molecular weight is 263 g/mol. The van der Waals surface area contributed by atoms with E-state index in [2.05, 4.69) is 5.32 Å². The molecule has 0 aromatic carbocycles. The van der Waals surface area contributed by atoms with Crippen molar-refractivity contribution in [1.82, 2.24) is 5.32 Å². The van der Waals surface area contributed by atoms with Gasteiger partial charge in [0.2, 0.25) is 0 Å². The topological polar surface area (TPSA) is 55.4 Å². The maximum atomic E-state index is 12.3. The highest BCUT2D eigenvalue weighted by Gasteiger charge is 2.32. The standard InChI is InChI=1S/C12H25NO3S/c1-13-11-7-4-3-5-8-12(11)17(14,15)10-6-9-16-2/h11-13H,3-10H2,1-2H3. The first-order valence-corrected chi connectivity index (χ1v) is 8.21. The minimum absolute atomic E-state index is 0.130. The SMILES string of the molecule is CNC1CCCCCC1S(=O)(=O)CCCOC. The zero-order valence-corrected chi connectivity index (χ0v) is 11.8. The first-order chi connectivity index (χ1) is 8.11. The van der Waals surface area contributed by atoms with E-state index in [-0.39, 0.29) is 17.0 Å². The first kappa shape index (κ1) is 14.9. The van der Waals surface area contributed by atoms with Crippen molar-refractivity contribution < 1.29 is 13.2 Å². The summed E-state index contributed by atoms with van der Waals surface area (Å²) < 4.78 is 29.5. The molecule has 102 valence electrons. The van der Waals surface area contributed by atoms with Gasteiger partial charge in [0.15, 0.2) is 9.84 Å². The third-order valence-electron chi connectivity index (χ3n) is 3.56. The Labute approximate surface area is 105 Å². The molecule has 1 fully saturated rings. The smallest absolute Gasteiger partial charge is 0.154 e. The number of hydrogen-bond acceptors (Lipinski definition) is 4. The maximum Gasteiger partial charge on any atom is 0.154 e. The van der Waals surface area contributed by atoms with Crippen LogP contribution in [0.15, 0.2) is 0 Å². The monoisotopic (exact) mass is 263 g/mol. The van der Waals surface area contributed by atoms with Gasteiger partial charge in [-0.2, -0.15) is 0 Å². The van der Waals surface area contributed by atoms with Crippen LogP contribution < -0.4 is 5.32 Å². The second kappa shape index (κ2) is 7.34. The van der Waals surface area contributed by atoms with Crippen molar-refractivity contribution in [2.45, 2.75) is 49.8 Å². The van der Waals surface area contributed by atoms with Gasteiger partial charge in [-0.05, 0) is 26.3 Å². The van der Waals surface area contributed by atoms with Crippen molar-refractivity contribution in [3.8, 4) is 0 Å². The lowest BCUT2D eigenvalue weighted by Crippen LogP contribution is -2.42. The van der Waals surface area contributed by atoms with Gasteiger partial charge in [-0.3, -0.25) is 0 Å². The summed E-state index contributed by atoms with van der Waals surface area (Å²) in [6.07, 6.45) is 5.71. The summed E-state index contributed by atoms with van der Waals surface area (Å²) in [5, 5.41) is 2.98. The number of rotatable bonds is 6. The van der Waals surface area contributed by atoms with E-state index in [4.69, 9.17) is 4.74 Å². The number of methoxy groups -OCH3 is 1. The fourth-order valence-corrected chi connectivity index (χ4v) is 4.71. The summed E-state index contributed by atoms with van der Waals surface area (Å²) in [6, 6.07) is 0.130. The Kier molecular flexibility index (Phi) is 6.44. The fourth-order valence-electron chi connectivity index (χ4n) is 2.59. The van der Waals surface area contributed by atoms with Crippen LogP contribution in [0.1, 0.15) is 38.5 Å². The Bertz CT molecular complexity index is 303. The molecule has 0 amide bonds. The molecule has 1 rings (SSSR count). The van der Waals surface area contributed by atoms with Gasteiger partial charge in [-0.15, -0.1) is 0 Å². The van der Waals surface area contributed by atoms with Crippen LogP contribution in [0.4, 0.5) is 0 Å². The van der Waals surface area contributed by atoms with Crippen LogP contribution in [-0.4, -0.2) is 46.2 Å². The second-order valence-corrected chi connectivity index (χ2v) is 7.12. The molecule has 5 heteroatoms. The minimum Gasteiger partial charge on any atom is -0.385 e. The van der Waals surface area contributed by atoms with Gasteiger partial charge in [-0.25, -0.2) is 8.42 Å². The highest BCUT2D eigenvalue weighted by Crippen LogP contribution is 2.24. The average Bonchev–Trinajstić information content (AvgIpc) is 2.54. The van der Waals surface area contributed by atoms with Crippen LogP contribution in [0.2, 0.25) is 0 Å². The lowest BCUT2D eigenvalue weighted by Gasteiger charge is -2.24. The molecule has 0 spiro atoms. The zero-order chi connectivity index (χ0) is 12.7. The predicted octanol–water partition coefficient (Wildman–Crippen LogP) is 1.36. The van der Waals surface area contributed by atoms with Crippen LogP contribution in [0.25, 0.3) is 0 Å². The van der Waals surface area contributed by atoms with E-state index in [0.717, 1.165) is 32.1 Å². The van der Waals surface area contributed by atoms with Crippen molar-refractivity contribution in [1.29, 1.82) is 0 Å². The molecule has 0 aromatic rings. The van der Waals surface area contributed by atoms with Crippen LogP contribution >= 0.6 is 0 Å². The molecule has 0 heterocycles. The van der Waals surface area contributed by atoms with Crippen molar-refractivity contribution in [2.24, 2.45) is 0 Å². The number of nitrogens with one attached hydrogen (secondary N) is 1. The lowest BCUT2D eigenvalue weighted by molar-refractivity contribution is 0.199. The van der Waals surface area contributed by atoms with Gasteiger partial charge >= 0.3 is 0 Å². The van der Waals surface area contributed by atoms with Gasteiger partial charge in [0.1, 0.15) is 0 Å². The quantitative estimate of drug-likeness (QED) is 0.581. The summed E-state index contributed by atoms with van der Waals surface area (Å²) in [7, 11) is 0.492. The molecule has 2 unspecified atom stereocenters. The Morgan fingerprint density at radius 1 is 1.24 bits per heavy atom. The van der Waals surface area contributed by atoms with Gasteiger partial charge in [0.25, 0.3) is 0 Å². The van der Waals surface area contributed by atoms with Crippen molar-refractivity contribution in [2.75, 3.05) is 26.5 Å². The fraction of sp³-hybridized carbons (Fsp3) is 1.00. The molecule has 0 aliphatic heterocycles. The van der Waals surface area contributed by atoms with Gasteiger partial charge in [-0.1, -0.05) is 19.3 Å². The summed E-state index contributed by atoms with van der Waals surface area (Å²) in [5.74, 6) is 0.254. The predicted molar refractivity (Wildman–Crippen MR) is 70.0 cm³/mol. The molecule has 1 N–H and O–H groups in total. The third kappa shape index (κ3) is 4.56. The molecule has 0 aromatic heterocycles. The van der Waals surface area contributed by atoms with Gasteiger partial charge < -0.3 is 10.1 Å². The van der Waals surface area contributed by atoms with E-state index in [1.54, 1.807) is 7.11 Å². The summed E-state index contributed by atoms with van der Waals surface area (Å²) >= 11 is 0. The summed E-state index contributed by atoms with van der Waals surface area (Å²) in [5.41, 5.74) is 0. The molecular formula is C12H25NO3S. The zero-order valence-electron chi connectivity index (χ0n) is 10.9. The summed E-state index contributed by atoms with van der Waals surface area (Å²) in [4.78, 5) is 0. The molecule has 1 saturated carbocycles.